The molecule has 1 saturated carbocycles. The molecule has 3 heteroatoms. The number of Topliss-reactive ketones (excluding diaryl/α,β-unsaturated/α-hetero) is 1. The maximum absolute atomic E-state index is 11.5. The van der Waals surface area contributed by atoms with E-state index in [0.717, 1.165) is 12.8 Å². The van der Waals surface area contributed by atoms with Crippen molar-refractivity contribution in [2.24, 2.45) is 11.8 Å². The summed E-state index contributed by atoms with van der Waals surface area (Å²) in [5, 5.41) is 8.72. The van der Waals surface area contributed by atoms with Crippen molar-refractivity contribution in [2.75, 3.05) is 0 Å². The highest BCUT2D eigenvalue weighted by molar-refractivity contribution is 5.84. The van der Waals surface area contributed by atoms with Crippen LogP contribution < -0.4 is 0 Å². The summed E-state index contributed by atoms with van der Waals surface area (Å²) in [6, 6.07) is 0. The number of hydrogen-bond acceptors (Lipinski definition) is 2. The van der Waals surface area contributed by atoms with Gasteiger partial charge in [0.25, 0.3) is 0 Å². The Morgan fingerprint density at radius 1 is 1.53 bits per heavy atom. The lowest BCUT2D eigenvalue weighted by Gasteiger charge is -2.14. The first-order valence-corrected chi connectivity index (χ1v) is 5.54. The highest BCUT2D eigenvalue weighted by atomic mass is 16.4. The van der Waals surface area contributed by atoms with Crippen LogP contribution in [0.1, 0.15) is 39.0 Å². The van der Waals surface area contributed by atoms with Crippen LogP contribution in [0.25, 0.3) is 0 Å². The van der Waals surface area contributed by atoms with Crippen molar-refractivity contribution >= 4 is 11.8 Å². The van der Waals surface area contributed by atoms with Gasteiger partial charge >= 0.3 is 5.97 Å². The highest BCUT2D eigenvalue weighted by Crippen LogP contribution is 2.33. The number of carboxylic acid groups (broad SMARTS) is 1. The molecule has 1 aliphatic carbocycles. The topological polar surface area (TPSA) is 54.4 Å². The van der Waals surface area contributed by atoms with Crippen LogP contribution in [-0.2, 0) is 9.59 Å². The van der Waals surface area contributed by atoms with E-state index in [1.54, 1.807) is 0 Å². The molecule has 1 rings (SSSR count). The molecule has 3 nitrogen and oxygen atoms in total. The highest BCUT2D eigenvalue weighted by Gasteiger charge is 2.34. The minimum absolute atomic E-state index is 0.0519. The van der Waals surface area contributed by atoms with E-state index in [1.807, 2.05) is 19.1 Å². The van der Waals surface area contributed by atoms with E-state index in [0.29, 0.717) is 12.8 Å². The van der Waals surface area contributed by atoms with Gasteiger partial charge < -0.3 is 5.11 Å². The quantitative estimate of drug-likeness (QED) is 0.709. The Balaban J connectivity index is 2.52. The minimum atomic E-state index is -0.792. The monoisotopic (exact) mass is 210 g/mol. The van der Waals surface area contributed by atoms with Crippen LogP contribution in [0.3, 0.4) is 0 Å². The second-order valence-corrected chi connectivity index (χ2v) is 4.08. The van der Waals surface area contributed by atoms with Gasteiger partial charge in [-0.25, -0.2) is 0 Å². The number of allylic oxidation sites excluding steroid dienone is 2. The largest absolute Gasteiger partial charge is 0.481 e. The predicted molar refractivity (Wildman–Crippen MR) is 57.5 cm³/mol. The summed E-state index contributed by atoms with van der Waals surface area (Å²) in [5.41, 5.74) is 0. The molecule has 0 unspecified atom stereocenters. The smallest absolute Gasteiger partial charge is 0.303 e. The zero-order valence-corrected chi connectivity index (χ0v) is 9.11. The van der Waals surface area contributed by atoms with Crippen molar-refractivity contribution in [2.45, 2.75) is 39.0 Å². The molecule has 1 aliphatic rings. The second-order valence-electron chi connectivity index (χ2n) is 4.08. The van der Waals surface area contributed by atoms with Crippen LogP contribution >= 0.6 is 0 Å². The van der Waals surface area contributed by atoms with E-state index in [4.69, 9.17) is 5.11 Å². The van der Waals surface area contributed by atoms with Crippen LogP contribution in [-0.4, -0.2) is 16.9 Å². The van der Waals surface area contributed by atoms with Gasteiger partial charge in [0.2, 0.25) is 0 Å². The molecule has 0 aliphatic heterocycles. The fourth-order valence-corrected chi connectivity index (χ4v) is 2.18. The van der Waals surface area contributed by atoms with Crippen LogP contribution in [0.5, 0.6) is 0 Å². The summed E-state index contributed by atoms with van der Waals surface area (Å²) in [6.07, 6.45) is 7.15. The Kier molecular flexibility index (Phi) is 4.53. The Labute approximate surface area is 90.2 Å². The molecular formula is C12H18O3. The van der Waals surface area contributed by atoms with Crippen molar-refractivity contribution < 1.29 is 14.7 Å². The Bertz CT molecular complexity index is 268. The predicted octanol–water partition coefficient (Wildman–Crippen LogP) is 2.41. The van der Waals surface area contributed by atoms with Crippen molar-refractivity contribution in [3.05, 3.63) is 12.2 Å². The molecule has 0 radical (unpaired) electrons. The third-order valence-corrected chi connectivity index (χ3v) is 2.97. The first-order valence-electron chi connectivity index (χ1n) is 5.54. The lowest BCUT2D eigenvalue weighted by molar-refractivity contribution is -0.138. The fourth-order valence-electron chi connectivity index (χ4n) is 2.18. The first-order chi connectivity index (χ1) is 7.15. The zero-order valence-electron chi connectivity index (χ0n) is 9.11. The number of carbonyl (C=O) groups excluding carboxylic acids is 1. The van der Waals surface area contributed by atoms with Crippen molar-refractivity contribution in [3.8, 4) is 0 Å². The molecule has 0 aromatic heterocycles. The molecule has 0 saturated heterocycles. The van der Waals surface area contributed by atoms with E-state index >= 15 is 0 Å². The van der Waals surface area contributed by atoms with Gasteiger partial charge in [-0.3, -0.25) is 9.59 Å². The average molecular weight is 210 g/mol. The van der Waals surface area contributed by atoms with Gasteiger partial charge in [0.05, 0.1) is 0 Å². The number of aliphatic carboxylic acids is 1. The Hall–Kier alpha value is -1.12. The number of rotatable bonds is 5. The van der Waals surface area contributed by atoms with Crippen molar-refractivity contribution in [3.63, 3.8) is 0 Å². The van der Waals surface area contributed by atoms with Gasteiger partial charge in [0.1, 0.15) is 5.78 Å². The van der Waals surface area contributed by atoms with Crippen LogP contribution in [0.2, 0.25) is 0 Å². The van der Waals surface area contributed by atoms with E-state index in [9.17, 15) is 9.59 Å². The summed E-state index contributed by atoms with van der Waals surface area (Å²) in [5.74, 6) is -0.554. The number of hydrogen-bond donors (Lipinski definition) is 1. The molecule has 84 valence electrons. The third-order valence-electron chi connectivity index (χ3n) is 2.97. The minimum Gasteiger partial charge on any atom is -0.481 e. The van der Waals surface area contributed by atoms with E-state index in [-0.39, 0.29) is 24.0 Å². The Morgan fingerprint density at radius 3 is 2.87 bits per heavy atom. The van der Waals surface area contributed by atoms with Crippen LogP contribution in [0.4, 0.5) is 0 Å². The lowest BCUT2D eigenvalue weighted by atomic mass is 9.89. The van der Waals surface area contributed by atoms with Crippen molar-refractivity contribution in [1.82, 2.24) is 0 Å². The molecule has 0 amide bonds. The maximum atomic E-state index is 11.5. The van der Waals surface area contributed by atoms with E-state index in [2.05, 4.69) is 0 Å². The summed E-state index contributed by atoms with van der Waals surface area (Å²) in [7, 11) is 0. The van der Waals surface area contributed by atoms with Gasteiger partial charge in [-0.15, -0.1) is 0 Å². The van der Waals surface area contributed by atoms with Crippen LogP contribution in [0.15, 0.2) is 12.2 Å². The molecule has 2 atom stereocenters. The number of ketones is 1. The second kappa shape index (κ2) is 5.69. The normalized spacial score (nSPS) is 26.3. The van der Waals surface area contributed by atoms with E-state index < -0.39 is 5.97 Å². The zero-order chi connectivity index (χ0) is 11.3. The molecule has 1 N–H and O–H groups in total. The SMILES string of the molecule is CCC=CC[C@@H]1C(=O)CC[C@@H]1CC(=O)O. The molecule has 0 spiro atoms. The number of carbonyl (C=O) groups is 2. The summed E-state index contributed by atoms with van der Waals surface area (Å²) >= 11 is 0. The van der Waals surface area contributed by atoms with Gasteiger partial charge in [-0.1, -0.05) is 19.1 Å². The standard InChI is InChI=1S/C12H18O3/c1-2-3-4-5-10-9(8-12(14)15)6-7-11(10)13/h3-4,9-10H,2,5-8H2,1H3,(H,14,15)/t9-,10+/m1/s1. The maximum Gasteiger partial charge on any atom is 0.303 e. The summed E-state index contributed by atoms with van der Waals surface area (Å²) < 4.78 is 0. The van der Waals surface area contributed by atoms with Gasteiger partial charge in [0.15, 0.2) is 0 Å². The van der Waals surface area contributed by atoms with Gasteiger partial charge in [-0.05, 0) is 25.2 Å². The number of carboxylic acids is 1. The first kappa shape index (κ1) is 12.0. The molecule has 15 heavy (non-hydrogen) atoms. The van der Waals surface area contributed by atoms with E-state index in [1.165, 1.54) is 0 Å². The molecule has 1 fully saturated rings. The fraction of sp³-hybridized carbons (Fsp3) is 0.667. The molecule has 0 aromatic rings. The van der Waals surface area contributed by atoms with Gasteiger partial charge in [-0.2, -0.15) is 0 Å². The summed E-state index contributed by atoms with van der Waals surface area (Å²) in [4.78, 5) is 22.1. The molecule has 0 bridgehead atoms. The summed E-state index contributed by atoms with van der Waals surface area (Å²) in [6.45, 7) is 2.04. The molecular weight excluding hydrogens is 192 g/mol. The van der Waals surface area contributed by atoms with Crippen LogP contribution in [0, 0.1) is 11.8 Å². The average Bonchev–Trinajstić information content (AvgIpc) is 2.49. The Morgan fingerprint density at radius 2 is 2.27 bits per heavy atom. The van der Waals surface area contributed by atoms with Crippen molar-refractivity contribution in [1.29, 1.82) is 0 Å². The third kappa shape index (κ3) is 3.50. The lowest BCUT2D eigenvalue weighted by Crippen LogP contribution is -2.17. The molecule has 0 aromatic carbocycles. The van der Waals surface area contributed by atoms with Gasteiger partial charge in [0, 0.05) is 18.8 Å². The molecule has 0 heterocycles.